The van der Waals surface area contributed by atoms with Crippen LogP contribution in [-0.2, 0) is 0 Å². The minimum atomic E-state index is 0.882. The Morgan fingerprint density at radius 1 is 0.313 bits per heavy atom. The SMILES string of the molecule is c1ccc(-c2cccc3cccc(-c4ccccc4N(c4cccc(-c5ccc6c(c5)oc5ccccc56)c4)c4cccc(-c5ccc6c7ccccc7n(-c7ccccc7)c6c5)c4)c23)cc1. The Bertz CT molecular complexity index is 3990. The van der Waals surface area contributed by atoms with E-state index in [-0.39, 0.29) is 0 Å². The second kappa shape index (κ2) is 16.0. The molecule has 0 bridgehead atoms. The minimum absolute atomic E-state index is 0.882. The molecule has 0 N–H and O–H groups in total. The van der Waals surface area contributed by atoms with Crippen LogP contribution in [0.2, 0.25) is 0 Å². The van der Waals surface area contributed by atoms with Crippen LogP contribution in [0.1, 0.15) is 0 Å². The summed E-state index contributed by atoms with van der Waals surface area (Å²) >= 11 is 0. The Hall–Kier alpha value is -8.92. The average Bonchev–Trinajstić information content (AvgIpc) is 3.94. The molecule has 3 nitrogen and oxygen atoms in total. The summed E-state index contributed by atoms with van der Waals surface area (Å²) in [4.78, 5) is 2.44. The number of furan rings is 1. The molecule has 0 aliphatic rings. The molecule has 0 aliphatic carbocycles. The van der Waals surface area contributed by atoms with Crippen molar-refractivity contribution in [2.45, 2.75) is 0 Å². The number of rotatable bonds is 8. The van der Waals surface area contributed by atoms with E-state index in [0.29, 0.717) is 0 Å². The molecule has 0 spiro atoms. The summed E-state index contributed by atoms with van der Waals surface area (Å²) in [5.41, 5.74) is 17.7. The molecule has 0 amide bonds. The number of hydrogen-bond donors (Lipinski definition) is 0. The molecule has 0 fully saturated rings. The Morgan fingerprint density at radius 2 is 0.851 bits per heavy atom. The van der Waals surface area contributed by atoms with Gasteiger partial charge in [-0.25, -0.2) is 0 Å². The first-order valence-corrected chi connectivity index (χ1v) is 22.9. The standard InChI is InChI=1S/C64H42N2O/c1-3-17-43(18-4-1)52-30-15-19-44-20-16-31-58(64(44)52)54-28-8-10-32-59(54)65(51-26-14-22-46(40-51)48-36-38-57-56-29-9-12-34-62(56)67-63(57)42-48)50-25-13-21-45(39-50)47-35-37-55-53-27-7-11-33-60(53)66(61(55)41-47)49-23-5-2-6-24-49/h1-42H. The van der Waals surface area contributed by atoms with E-state index in [2.05, 4.69) is 252 Å². The highest BCUT2D eigenvalue weighted by Gasteiger charge is 2.21. The fraction of sp³-hybridized carbons (Fsp3) is 0. The second-order valence-corrected chi connectivity index (χ2v) is 17.3. The molecule has 3 heteroatoms. The predicted molar refractivity (Wildman–Crippen MR) is 282 cm³/mol. The number of nitrogens with zero attached hydrogens (tertiary/aromatic N) is 2. The van der Waals surface area contributed by atoms with Crippen LogP contribution >= 0.6 is 0 Å². The zero-order valence-electron chi connectivity index (χ0n) is 36.6. The lowest BCUT2D eigenvalue weighted by Crippen LogP contribution is -2.11. The number of fused-ring (bicyclic) bond motifs is 7. The van der Waals surface area contributed by atoms with E-state index < -0.39 is 0 Å². The highest BCUT2D eigenvalue weighted by atomic mass is 16.3. The second-order valence-electron chi connectivity index (χ2n) is 17.3. The molecule has 13 rings (SSSR count). The normalized spacial score (nSPS) is 11.6. The van der Waals surface area contributed by atoms with Crippen LogP contribution < -0.4 is 4.90 Å². The zero-order chi connectivity index (χ0) is 44.3. The van der Waals surface area contributed by atoms with Gasteiger partial charge in [0, 0.05) is 44.2 Å². The van der Waals surface area contributed by atoms with Crippen molar-refractivity contribution in [2.75, 3.05) is 4.90 Å². The lowest BCUT2D eigenvalue weighted by Gasteiger charge is -2.29. The molecule has 67 heavy (non-hydrogen) atoms. The molecule has 0 atom stereocenters. The van der Waals surface area contributed by atoms with Crippen LogP contribution in [0.3, 0.4) is 0 Å². The van der Waals surface area contributed by atoms with Gasteiger partial charge in [-0.05, 0) is 123 Å². The van der Waals surface area contributed by atoms with Crippen molar-refractivity contribution in [3.05, 3.63) is 255 Å². The van der Waals surface area contributed by atoms with Crippen molar-refractivity contribution in [2.24, 2.45) is 0 Å². The molecule has 2 heterocycles. The van der Waals surface area contributed by atoms with Gasteiger partial charge < -0.3 is 13.9 Å². The van der Waals surface area contributed by atoms with Crippen LogP contribution in [0.25, 0.3) is 105 Å². The fourth-order valence-corrected chi connectivity index (χ4v) is 10.3. The van der Waals surface area contributed by atoms with E-state index in [1.165, 1.54) is 49.3 Å². The average molecular weight is 855 g/mol. The zero-order valence-corrected chi connectivity index (χ0v) is 36.6. The Kier molecular flexibility index (Phi) is 9.17. The third-order valence-corrected chi connectivity index (χ3v) is 13.4. The molecule has 0 radical (unpaired) electrons. The Morgan fingerprint density at radius 3 is 1.63 bits per heavy atom. The molecule has 2 aromatic heterocycles. The summed E-state index contributed by atoms with van der Waals surface area (Å²) in [6.07, 6.45) is 0. The lowest BCUT2D eigenvalue weighted by atomic mass is 9.90. The third kappa shape index (κ3) is 6.59. The van der Waals surface area contributed by atoms with E-state index in [1.807, 2.05) is 12.1 Å². The first kappa shape index (κ1) is 38.5. The quantitative estimate of drug-likeness (QED) is 0.152. The van der Waals surface area contributed by atoms with Crippen LogP contribution in [-0.4, -0.2) is 4.57 Å². The van der Waals surface area contributed by atoms with E-state index in [9.17, 15) is 0 Å². The summed E-state index contributed by atoms with van der Waals surface area (Å²) in [5.74, 6) is 0. The highest BCUT2D eigenvalue weighted by Crippen LogP contribution is 2.46. The fourth-order valence-electron chi connectivity index (χ4n) is 10.3. The van der Waals surface area contributed by atoms with Crippen LogP contribution in [0.15, 0.2) is 259 Å². The molecule has 13 aromatic rings. The smallest absolute Gasteiger partial charge is 0.136 e. The van der Waals surface area contributed by atoms with Gasteiger partial charge in [-0.15, -0.1) is 0 Å². The van der Waals surface area contributed by atoms with E-state index >= 15 is 0 Å². The van der Waals surface area contributed by atoms with Crippen molar-refractivity contribution in [3.8, 4) is 50.2 Å². The van der Waals surface area contributed by atoms with E-state index in [0.717, 1.165) is 72.5 Å². The number of hydrogen-bond acceptors (Lipinski definition) is 2. The van der Waals surface area contributed by atoms with Crippen LogP contribution in [0, 0.1) is 0 Å². The van der Waals surface area contributed by atoms with Crippen molar-refractivity contribution >= 4 is 71.6 Å². The number of aromatic nitrogens is 1. The van der Waals surface area contributed by atoms with E-state index in [1.54, 1.807) is 0 Å². The maximum atomic E-state index is 6.39. The van der Waals surface area contributed by atoms with Crippen molar-refractivity contribution < 1.29 is 4.42 Å². The summed E-state index contributed by atoms with van der Waals surface area (Å²) in [6.45, 7) is 0. The van der Waals surface area contributed by atoms with E-state index in [4.69, 9.17) is 4.42 Å². The van der Waals surface area contributed by atoms with Crippen LogP contribution in [0.4, 0.5) is 17.1 Å². The van der Waals surface area contributed by atoms with Gasteiger partial charge in [0.05, 0.1) is 16.7 Å². The first-order valence-electron chi connectivity index (χ1n) is 22.9. The summed E-state index contributed by atoms with van der Waals surface area (Å²) in [6, 6.07) is 92.1. The summed E-state index contributed by atoms with van der Waals surface area (Å²) in [5, 5.41) is 7.16. The maximum Gasteiger partial charge on any atom is 0.136 e. The largest absolute Gasteiger partial charge is 0.456 e. The lowest BCUT2D eigenvalue weighted by molar-refractivity contribution is 0.669. The van der Waals surface area contributed by atoms with Gasteiger partial charge in [-0.3, -0.25) is 0 Å². The molecule has 314 valence electrons. The van der Waals surface area contributed by atoms with Gasteiger partial charge in [-0.2, -0.15) is 0 Å². The van der Waals surface area contributed by atoms with Gasteiger partial charge in [0.1, 0.15) is 11.2 Å². The Labute approximate surface area is 388 Å². The number of para-hydroxylation sites is 4. The van der Waals surface area contributed by atoms with Gasteiger partial charge in [0.25, 0.3) is 0 Å². The molecular weight excluding hydrogens is 813 g/mol. The van der Waals surface area contributed by atoms with Crippen molar-refractivity contribution in [1.82, 2.24) is 4.57 Å². The molecular formula is C64H42N2O. The highest BCUT2D eigenvalue weighted by molar-refractivity contribution is 6.11. The first-order chi connectivity index (χ1) is 33.2. The monoisotopic (exact) mass is 854 g/mol. The van der Waals surface area contributed by atoms with Gasteiger partial charge in [-0.1, -0.05) is 182 Å². The van der Waals surface area contributed by atoms with Crippen LogP contribution in [0.5, 0.6) is 0 Å². The van der Waals surface area contributed by atoms with Gasteiger partial charge in [0.2, 0.25) is 0 Å². The molecule has 0 saturated heterocycles. The topological polar surface area (TPSA) is 21.3 Å². The molecule has 0 aliphatic heterocycles. The summed E-state index contributed by atoms with van der Waals surface area (Å²) < 4.78 is 8.78. The number of benzene rings is 11. The van der Waals surface area contributed by atoms with Gasteiger partial charge >= 0.3 is 0 Å². The maximum absolute atomic E-state index is 6.39. The summed E-state index contributed by atoms with van der Waals surface area (Å²) in [7, 11) is 0. The molecule has 11 aromatic carbocycles. The van der Waals surface area contributed by atoms with Crippen molar-refractivity contribution in [1.29, 1.82) is 0 Å². The number of anilines is 3. The van der Waals surface area contributed by atoms with Gasteiger partial charge in [0.15, 0.2) is 0 Å². The molecule has 0 unspecified atom stereocenters. The third-order valence-electron chi connectivity index (χ3n) is 13.4. The minimum Gasteiger partial charge on any atom is -0.456 e. The van der Waals surface area contributed by atoms with Crippen molar-refractivity contribution in [3.63, 3.8) is 0 Å². The Balaban J connectivity index is 1.01. The molecule has 0 saturated carbocycles. The predicted octanol–water partition coefficient (Wildman–Crippen LogP) is 18.0.